The van der Waals surface area contributed by atoms with Gasteiger partial charge in [-0.1, -0.05) is 78.8 Å². The van der Waals surface area contributed by atoms with Crippen molar-refractivity contribution < 1.29 is 4.79 Å². The maximum atomic E-state index is 12.6. The normalized spacial score (nSPS) is 13.1. The van der Waals surface area contributed by atoms with Crippen LogP contribution in [0, 0.1) is 6.92 Å². The number of thioether (sulfide) groups is 1. The van der Waals surface area contributed by atoms with Gasteiger partial charge in [0.1, 0.15) is 0 Å². The van der Waals surface area contributed by atoms with E-state index in [1.54, 1.807) is 0 Å². The van der Waals surface area contributed by atoms with Crippen LogP contribution in [-0.2, 0) is 11.8 Å². The first-order chi connectivity index (χ1) is 14.0. The molecule has 6 heteroatoms. The lowest BCUT2D eigenvalue weighted by molar-refractivity contribution is -0.120. The van der Waals surface area contributed by atoms with Crippen LogP contribution in [0.5, 0.6) is 0 Å². The zero-order valence-electron chi connectivity index (χ0n) is 17.4. The van der Waals surface area contributed by atoms with Gasteiger partial charge in [0.05, 0.1) is 5.25 Å². The Hall–Kier alpha value is -2.60. The van der Waals surface area contributed by atoms with Crippen molar-refractivity contribution in [3.05, 3.63) is 65.7 Å². The van der Waals surface area contributed by atoms with Gasteiger partial charge in [-0.05, 0) is 25.8 Å². The van der Waals surface area contributed by atoms with Crippen molar-refractivity contribution in [3.63, 3.8) is 0 Å². The number of hydrogen-bond acceptors (Lipinski definition) is 4. The topological polar surface area (TPSA) is 59.8 Å². The molecule has 3 aromatic rings. The summed E-state index contributed by atoms with van der Waals surface area (Å²) in [5.74, 6) is 1.14. The van der Waals surface area contributed by atoms with E-state index in [1.807, 2.05) is 48.9 Å². The Kier molecular flexibility index (Phi) is 7.09. The molecule has 0 saturated carbocycles. The third kappa shape index (κ3) is 5.26. The minimum Gasteiger partial charge on any atom is -0.355 e. The van der Waals surface area contributed by atoms with E-state index < -0.39 is 0 Å². The van der Waals surface area contributed by atoms with E-state index in [9.17, 15) is 4.79 Å². The molecule has 0 aliphatic rings. The summed E-state index contributed by atoms with van der Waals surface area (Å²) in [5.41, 5.74) is 3.48. The first-order valence-electron chi connectivity index (χ1n) is 9.95. The van der Waals surface area contributed by atoms with Crippen LogP contribution >= 0.6 is 11.8 Å². The summed E-state index contributed by atoms with van der Waals surface area (Å²) in [4.78, 5) is 12.6. The van der Waals surface area contributed by atoms with Gasteiger partial charge in [-0.15, -0.1) is 10.2 Å². The van der Waals surface area contributed by atoms with Crippen molar-refractivity contribution in [3.8, 4) is 11.4 Å². The van der Waals surface area contributed by atoms with E-state index in [0.717, 1.165) is 23.0 Å². The van der Waals surface area contributed by atoms with Crippen LogP contribution in [0.2, 0.25) is 0 Å². The van der Waals surface area contributed by atoms with Gasteiger partial charge in [-0.3, -0.25) is 4.79 Å². The van der Waals surface area contributed by atoms with E-state index in [-0.39, 0.29) is 11.2 Å². The van der Waals surface area contributed by atoms with E-state index in [1.165, 1.54) is 22.9 Å². The Bertz CT molecular complexity index is 937. The zero-order chi connectivity index (χ0) is 20.8. The van der Waals surface area contributed by atoms with Crippen molar-refractivity contribution in [2.45, 2.75) is 43.5 Å². The number of aromatic nitrogens is 3. The maximum absolute atomic E-state index is 12.6. The van der Waals surface area contributed by atoms with Gasteiger partial charge in [0.15, 0.2) is 11.0 Å². The quantitative estimate of drug-likeness (QED) is 0.554. The van der Waals surface area contributed by atoms with Gasteiger partial charge >= 0.3 is 0 Å². The van der Waals surface area contributed by atoms with Crippen LogP contribution < -0.4 is 5.32 Å². The van der Waals surface area contributed by atoms with Crippen molar-refractivity contribution in [2.75, 3.05) is 6.54 Å². The molecule has 0 saturated heterocycles. The third-order valence-electron chi connectivity index (χ3n) is 5.08. The standard InChI is InChI=1S/C23H28N4OS/c1-5-18(19-9-7-6-8-10-19)15-24-22(28)17(3)29-23-26-25-21(27(23)4)20-13-11-16(2)12-14-20/h6-14,17-18H,5,15H2,1-4H3,(H,24,28)/t17-,18-/m1/s1. The molecule has 1 amide bonds. The van der Waals surface area contributed by atoms with Crippen LogP contribution in [0.15, 0.2) is 59.8 Å². The molecule has 0 aliphatic carbocycles. The minimum absolute atomic E-state index is 0.0178. The molecular formula is C23H28N4OS. The molecule has 2 atom stereocenters. The molecule has 1 aromatic heterocycles. The van der Waals surface area contributed by atoms with Crippen LogP contribution in [0.4, 0.5) is 0 Å². The summed E-state index contributed by atoms with van der Waals surface area (Å²) < 4.78 is 1.94. The van der Waals surface area contributed by atoms with Crippen LogP contribution in [0.3, 0.4) is 0 Å². The van der Waals surface area contributed by atoms with Gasteiger partial charge in [-0.25, -0.2) is 0 Å². The number of rotatable bonds is 8. The fourth-order valence-corrected chi connectivity index (χ4v) is 4.01. The first kappa shape index (κ1) is 21.1. The summed E-state index contributed by atoms with van der Waals surface area (Å²) in [7, 11) is 1.94. The second-order valence-electron chi connectivity index (χ2n) is 7.25. The summed E-state index contributed by atoms with van der Waals surface area (Å²) in [6.45, 7) is 6.75. The van der Waals surface area contributed by atoms with Crippen LogP contribution in [0.1, 0.15) is 37.3 Å². The number of aryl methyl sites for hydroxylation is 1. The Labute approximate surface area is 176 Å². The molecule has 0 fully saturated rings. The smallest absolute Gasteiger partial charge is 0.233 e. The van der Waals surface area contributed by atoms with Crippen molar-refractivity contribution in [1.29, 1.82) is 0 Å². The Balaban J connectivity index is 1.60. The van der Waals surface area contributed by atoms with Gasteiger partial charge in [0, 0.05) is 25.1 Å². The van der Waals surface area contributed by atoms with E-state index >= 15 is 0 Å². The van der Waals surface area contributed by atoms with Crippen LogP contribution in [-0.4, -0.2) is 32.5 Å². The van der Waals surface area contributed by atoms with E-state index in [2.05, 4.69) is 53.6 Å². The summed E-state index contributed by atoms with van der Waals surface area (Å²) in [6.07, 6.45) is 0.981. The highest BCUT2D eigenvalue weighted by molar-refractivity contribution is 8.00. The predicted octanol–water partition coefficient (Wildman–Crippen LogP) is 4.58. The van der Waals surface area contributed by atoms with E-state index in [0.29, 0.717) is 12.5 Å². The number of amides is 1. The molecule has 29 heavy (non-hydrogen) atoms. The lowest BCUT2D eigenvalue weighted by Gasteiger charge is -2.18. The molecule has 0 bridgehead atoms. The van der Waals surface area contributed by atoms with Gasteiger partial charge in [0.25, 0.3) is 0 Å². The molecule has 0 spiro atoms. The van der Waals surface area contributed by atoms with E-state index in [4.69, 9.17) is 0 Å². The molecule has 152 valence electrons. The summed E-state index contributed by atoms with van der Waals surface area (Å²) in [6, 6.07) is 18.5. The lowest BCUT2D eigenvalue weighted by Crippen LogP contribution is -2.34. The molecule has 1 heterocycles. The van der Waals surface area contributed by atoms with Crippen LogP contribution in [0.25, 0.3) is 11.4 Å². The molecular weight excluding hydrogens is 380 g/mol. The highest BCUT2D eigenvalue weighted by atomic mass is 32.2. The van der Waals surface area contributed by atoms with Crippen molar-refractivity contribution in [1.82, 2.24) is 20.1 Å². The average Bonchev–Trinajstić information content (AvgIpc) is 3.10. The number of carbonyl (C=O) groups is 1. The number of nitrogens with zero attached hydrogens (tertiary/aromatic N) is 3. The SMILES string of the molecule is CC[C@H](CNC(=O)[C@@H](C)Sc1nnc(-c2ccc(C)cc2)n1C)c1ccccc1. The Morgan fingerprint density at radius 3 is 2.45 bits per heavy atom. The predicted molar refractivity (Wildman–Crippen MR) is 119 cm³/mol. The lowest BCUT2D eigenvalue weighted by atomic mass is 9.96. The second-order valence-corrected chi connectivity index (χ2v) is 8.56. The fourth-order valence-electron chi connectivity index (χ4n) is 3.17. The second kappa shape index (κ2) is 9.74. The largest absolute Gasteiger partial charge is 0.355 e. The molecule has 5 nitrogen and oxygen atoms in total. The van der Waals surface area contributed by atoms with Crippen molar-refractivity contribution >= 4 is 17.7 Å². The molecule has 3 rings (SSSR count). The highest BCUT2D eigenvalue weighted by Gasteiger charge is 2.20. The number of carbonyl (C=O) groups excluding carboxylic acids is 1. The maximum Gasteiger partial charge on any atom is 0.233 e. The van der Waals surface area contributed by atoms with Gasteiger partial charge in [0.2, 0.25) is 5.91 Å². The third-order valence-corrected chi connectivity index (χ3v) is 6.22. The fraction of sp³-hybridized carbons (Fsp3) is 0.348. The average molecular weight is 409 g/mol. The van der Waals surface area contributed by atoms with Crippen molar-refractivity contribution in [2.24, 2.45) is 7.05 Å². The molecule has 0 aliphatic heterocycles. The highest BCUT2D eigenvalue weighted by Crippen LogP contribution is 2.26. The van der Waals surface area contributed by atoms with Gasteiger partial charge in [-0.2, -0.15) is 0 Å². The molecule has 2 aromatic carbocycles. The monoisotopic (exact) mass is 408 g/mol. The molecule has 0 unspecified atom stereocenters. The molecule has 1 N–H and O–H groups in total. The van der Waals surface area contributed by atoms with Gasteiger partial charge < -0.3 is 9.88 Å². The summed E-state index contributed by atoms with van der Waals surface area (Å²) >= 11 is 1.43. The Morgan fingerprint density at radius 1 is 1.10 bits per heavy atom. The molecule has 0 radical (unpaired) electrons. The number of hydrogen-bond donors (Lipinski definition) is 1. The number of benzene rings is 2. The number of nitrogens with one attached hydrogen (secondary N) is 1. The summed E-state index contributed by atoms with van der Waals surface area (Å²) in [5, 5.41) is 12.2. The first-order valence-corrected chi connectivity index (χ1v) is 10.8. The Morgan fingerprint density at radius 2 is 1.79 bits per heavy atom. The zero-order valence-corrected chi connectivity index (χ0v) is 18.2. The minimum atomic E-state index is -0.253.